The van der Waals surface area contributed by atoms with Gasteiger partial charge in [-0.15, -0.1) is 0 Å². The summed E-state index contributed by atoms with van der Waals surface area (Å²) in [5.41, 5.74) is 3.49. The average molecular weight is 402 g/mol. The van der Waals surface area contributed by atoms with Crippen LogP contribution in [0, 0.1) is 0 Å². The highest BCUT2D eigenvalue weighted by atomic mass is 16.5. The number of aromatic nitrogens is 1. The normalized spacial score (nSPS) is 14.9. The van der Waals surface area contributed by atoms with Gasteiger partial charge in [0.2, 0.25) is 5.91 Å². The van der Waals surface area contributed by atoms with E-state index in [1.807, 2.05) is 43.3 Å². The SMILES string of the molecule is CCOc1ccc(N2C(=O)c3cccnc3[C@H]2Nc2ccc(NC(C)=O)cc2)cc1. The number of carbonyl (C=O) groups is 2. The fraction of sp³-hybridized carbons (Fsp3) is 0.174. The topological polar surface area (TPSA) is 83.6 Å². The molecule has 1 aliphatic heterocycles. The number of rotatable bonds is 6. The maximum Gasteiger partial charge on any atom is 0.262 e. The molecule has 2 amide bonds. The molecule has 0 radical (unpaired) electrons. The van der Waals surface area contributed by atoms with E-state index >= 15 is 0 Å². The minimum Gasteiger partial charge on any atom is -0.494 e. The van der Waals surface area contributed by atoms with Gasteiger partial charge in [-0.05, 0) is 67.6 Å². The molecule has 0 fully saturated rings. The number of fused-ring (bicyclic) bond motifs is 1. The van der Waals surface area contributed by atoms with Crippen LogP contribution in [0.3, 0.4) is 0 Å². The highest BCUT2D eigenvalue weighted by Gasteiger charge is 2.39. The van der Waals surface area contributed by atoms with Gasteiger partial charge in [-0.25, -0.2) is 0 Å². The molecular weight excluding hydrogens is 380 g/mol. The number of nitrogens with one attached hydrogen (secondary N) is 2. The van der Waals surface area contributed by atoms with E-state index in [1.54, 1.807) is 35.4 Å². The second-order valence-electron chi connectivity index (χ2n) is 6.84. The van der Waals surface area contributed by atoms with Crippen LogP contribution in [0.4, 0.5) is 17.1 Å². The van der Waals surface area contributed by atoms with Gasteiger partial charge in [0.1, 0.15) is 5.75 Å². The Hall–Kier alpha value is -3.87. The highest BCUT2D eigenvalue weighted by Crippen LogP contribution is 2.37. The lowest BCUT2D eigenvalue weighted by Gasteiger charge is -2.26. The van der Waals surface area contributed by atoms with Crippen molar-refractivity contribution in [2.24, 2.45) is 0 Å². The van der Waals surface area contributed by atoms with Gasteiger partial charge in [0.05, 0.1) is 17.9 Å². The van der Waals surface area contributed by atoms with E-state index in [4.69, 9.17) is 4.74 Å². The Labute approximate surface area is 174 Å². The number of anilines is 3. The molecular formula is C23H22N4O3. The third-order valence-corrected chi connectivity index (χ3v) is 4.74. The third-order valence-electron chi connectivity index (χ3n) is 4.74. The quantitative estimate of drug-likeness (QED) is 0.645. The summed E-state index contributed by atoms with van der Waals surface area (Å²) >= 11 is 0. The molecule has 1 atom stereocenters. The predicted octanol–water partition coefficient (Wildman–Crippen LogP) is 4.21. The molecule has 0 aliphatic carbocycles. The summed E-state index contributed by atoms with van der Waals surface area (Å²) in [6.07, 6.45) is 1.22. The summed E-state index contributed by atoms with van der Waals surface area (Å²) in [4.78, 5) is 30.5. The fourth-order valence-electron chi connectivity index (χ4n) is 3.47. The van der Waals surface area contributed by atoms with Crippen molar-refractivity contribution in [3.63, 3.8) is 0 Å². The van der Waals surface area contributed by atoms with Crippen LogP contribution in [0.25, 0.3) is 0 Å². The van der Waals surface area contributed by atoms with Crippen LogP contribution in [0.1, 0.15) is 36.1 Å². The summed E-state index contributed by atoms with van der Waals surface area (Å²) in [6, 6.07) is 18.3. The Morgan fingerprint density at radius 2 is 1.77 bits per heavy atom. The number of carbonyl (C=O) groups excluding carboxylic acids is 2. The zero-order valence-electron chi connectivity index (χ0n) is 16.8. The summed E-state index contributed by atoms with van der Waals surface area (Å²) in [7, 11) is 0. The van der Waals surface area contributed by atoms with Crippen molar-refractivity contribution in [1.29, 1.82) is 0 Å². The smallest absolute Gasteiger partial charge is 0.262 e. The first-order chi connectivity index (χ1) is 14.6. The minimum atomic E-state index is -0.460. The molecule has 0 bridgehead atoms. The van der Waals surface area contributed by atoms with Crippen LogP contribution >= 0.6 is 0 Å². The molecule has 2 N–H and O–H groups in total. The summed E-state index contributed by atoms with van der Waals surface area (Å²) in [6.45, 7) is 3.97. The van der Waals surface area contributed by atoms with Gasteiger partial charge >= 0.3 is 0 Å². The van der Waals surface area contributed by atoms with Crippen LogP contribution < -0.4 is 20.3 Å². The summed E-state index contributed by atoms with van der Waals surface area (Å²) in [5.74, 6) is 0.508. The Kier molecular flexibility index (Phi) is 5.34. The zero-order chi connectivity index (χ0) is 21.1. The van der Waals surface area contributed by atoms with Gasteiger partial charge in [0.15, 0.2) is 6.17 Å². The molecule has 30 heavy (non-hydrogen) atoms. The monoisotopic (exact) mass is 402 g/mol. The first kappa shape index (κ1) is 19.4. The maximum atomic E-state index is 13.2. The lowest BCUT2D eigenvalue weighted by molar-refractivity contribution is -0.114. The van der Waals surface area contributed by atoms with Crippen LogP contribution in [0.2, 0.25) is 0 Å². The zero-order valence-corrected chi connectivity index (χ0v) is 16.8. The van der Waals surface area contributed by atoms with Crippen molar-refractivity contribution in [2.75, 3.05) is 22.1 Å². The van der Waals surface area contributed by atoms with E-state index in [1.165, 1.54) is 6.92 Å². The van der Waals surface area contributed by atoms with Gasteiger partial charge in [0, 0.05) is 30.2 Å². The van der Waals surface area contributed by atoms with Crippen LogP contribution in [-0.2, 0) is 4.79 Å². The standard InChI is InChI=1S/C23H22N4O3/c1-3-30-19-12-10-18(11-13-19)27-22(21-20(23(27)29)5-4-14-24-21)26-17-8-6-16(7-9-17)25-15(2)28/h4-14,22,26H,3H2,1-2H3,(H,25,28)/t22-/m0/s1. The number of hydrogen-bond donors (Lipinski definition) is 2. The van der Waals surface area contributed by atoms with E-state index in [0.29, 0.717) is 23.6 Å². The van der Waals surface area contributed by atoms with E-state index in [-0.39, 0.29) is 11.8 Å². The molecule has 3 aromatic rings. The van der Waals surface area contributed by atoms with Crippen molar-refractivity contribution in [2.45, 2.75) is 20.0 Å². The molecule has 4 rings (SSSR count). The molecule has 7 heteroatoms. The van der Waals surface area contributed by atoms with Gasteiger partial charge in [0.25, 0.3) is 5.91 Å². The molecule has 7 nitrogen and oxygen atoms in total. The van der Waals surface area contributed by atoms with Crippen LogP contribution in [-0.4, -0.2) is 23.4 Å². The van der Waals surface area contributed by atoms with Crippen LogP contribution in [0.5, 0.6) is 5.75 Å². The molecule has 0 saturated carbocycles. The maximum absolute atomic E-state index is 13.2. The number of hydrogen-bond acceptors (Lipinski definition) is 5. The number of nitrogens with zero attached hydrogens (tertiary/aromatic N) is 2. The molecule has 1 aromatic heterocycles. The lowest BCUT2D eigenvalue weighted by atomic mass is 10.2. The summed E-state index contributed by atoms with van der Waals surface area (Å²) < 4.78 is 5.51. The fourth-order valence-corrected chi connectivity index (χ4v) is 3.47. The van der Waals surface area contributed by atoms with E-state index in [0.717, 1.165) is 17.1 Å². The molecule has 0 spiro atoms. The number of benzene rings is 2. The van der Waals surface area contributed by atoms with Gasteiger partial charge < -0.3 is 15.4 Å². The number of amides is 2. The molecule has 0 unspecified atom stereocenters. The van der Waals surface area contributed by atoms with Gasteiger partial charge in [-0.1, -0.05) is 0 Å². The third kappa shape index (κ3) is 3.82. The Balaban J connectivity index is 1.65. The molecule has 152 valence electrons. The molecule has 2 aromatic carbocycles. The Bertz CT molecular complexity index is 1060. The summed E-state index contributed by atoms with van der Waals surface area (Å²) in [5, 5.41) is 6.14. The highest BCUT2D eigenvalue weighted by molar-refractivity contribution is 6.11. The second kappa shape index (κ2) is 8.24. The second-order valence-corrected chi connectivity index (χ2v) is 6.84. The van der Waals surface area contributed by atoms with Gasteiger partial charge in [-0.2, -0.15) is 0 Å². The number of pyridine rings is 1. The van der Waals surface area contributed by atoms with Crippen molar-refractivity contribution in [3.05, 3.63) is 78.1 Å². The molecule has 2 heterocycles. The van der Waals surface area contributed by atoms with E-state index < -0.39 is 6.17 Å². The van der Waals surface area contributed by atoms with Crippen molar-refractivity contribution in [1.82, 2.24) is 4.98 Å². The van der Waals surface area contributed by atoms with Crippen molar-refractivity contribution in [3.8, 4) is 5.75 Å². The van der Waals surface area contributed by atoms with Crippen molar-refractivity contribution < 1.29 is 14.3 Å². The average Bonchev–Trinajstić information content (AvgIpc) is 3.02. The largest absolute Gasteiger partial charge is 0.494 e. The Morgan fingerprint density at radius 3 is 2.43 bits per heavy atom. The van der Waals surface area contributed by atoms with Crippen molar-refractivity contribution >= 4 is 28.9 Å². The van der Waals surface area contributed by atoms with E-state index in [2.05, 4.69) is 15.6 Å². The predicted molar refractivity (Wildman–Crippen MR) is 116 cm³/mol. The lowest BCUT2D eigenvalue weighted by Crippen LogP contribution is -2.32. The molecule has 0 saturated heterocycles. The van der Waals surface area contributed by atoms with Crippen LogP contribution in [0.15, 0.2) is 66.9 Å². The minimum absolute atomic E-state index is 0.116. The number of ether oxygens (including phenoxy) is 1. The first-order valence-corrected chi connectivity index (χ1v) is 9.72. The van der Waals surface area contributed by atoms with Gasteiger partial charge in [-0.3, -0.25) is 19.5 Å². The Morgan fingerprint density at radius 1 is 1.07 bits per heavy atom. The van der Waals surface area contributed by atoms with E-state index in [9.17, 15) is 9.59 Å². The molecule has 1 aliphatic rings. The first-order valence-electron chi connectivity index (χ1n) is 9.72.